The molecule has 1 amide bonds. The predicted octanol–water partition coefficient (Wildman–Crippen LogP) is 3.02. The minimum Gasteiger partial charge on any atom is -0.497 e. The Hall–Kier alpha value is -1.20. The van der Waals surface area contributed by atoms with Crippen molar-refractivity contribution in [1.29, 1.82) is 0 Å². The molecule has 0 saturated carbocycles. The second-order valence-corrected chi connectivity index (χ2v) is 7.47. The number of nitrogens with zero attached hydrogens (tertiary/aromatic N) is 1. The largest absolute Gasteiger partial charge is 0.497 e. The van der Waals surface area contributed by atoms with Gasteiger partial charge in [-0.15, -0.1) is 11.8 Å². The molecule has 0 radical (unpaired) electrons. The summed E-state index contributed by atoms with van der Waals surface area (Å²) in [6.07, 6.45) is 2.38. The van der Waals surface area contributed by atoms with Gasteiger partial charge in [-0.25, -0.2) is 0 Å². The van der Waals surface area contributed by atoms with Gasteiger partial charge in [-0.2, -0.15) is 0 Å². The molecular weight excluding hydrogens is 308 g/mol. The van der Waals surface area contributed by atoms with Crippen molar-refractivity contribution in [2.24, 2.45) is 5.92 Å². The average molecular weight is 337 g/mol. The van der Waals surface area contributed by atoms with Crippen LogP contribution in [0, 0.1) is 5.92 Å². The maximum atomic E-state index is 12.3. The summed E-state index contributed by atoms with van der Waals surface area (Å²) < 4.78 is 5.15. The number of nitrogens with one attached hydrogen (secondary N) is 1. The third kappa shape index (κ3) is 5.74. The van der Waals surface area contributed by atoms with Gasteiger partial charge in [0.15, 0.2) is 0 Å². The van der Waals surface area contributed by atoms with Crippen molar-refractivity contribution in [3.63, 3.8) is 0 Å². The van der Waals surface area contributed by atoms with E-state index in [-0.39, 0.29) is 11.2 Å². The number of ether oxygens (including phenoxy) is 1. The first-order valence-corrected chi connectivity index (χ1v) is 9.31. The number of benzene rings is 1. The Bertz CT molecular complexity index is 484. The Morgan fingerprint density at radius 2 is 2.00 bits per heavy atom. The average Bonchev–Trinajstić information content (AvgIpc) is 2.60. The zero-order valence-corrected chi connectivity index (χ0v) is 15.2. The normalized spacial score (nSPS) is 17.7. The molecule has 5 heteroatoms. The van der Waals surface area contributed by atoms with E-state index in [0.29, 0.717) is 5.92 Å². The molecule has 23 heavy (non-hydrogen) atoms. The van der Waals surface area contributed by atoms with Crippen LogP contribution in [0.25, 0.3) is 0 Å². The molecule has 0 unspecified atom stereocenters. The molecule has 1 aromatic rings. The fourth-order valence-corrected chi connectivity index (χ4v) is 3.70. The zero-order chi connectivity index (χ0) is 16.7. The first-order valence-electron chi connectivity index (χ1n) is 8.43. The number of thioether (sulfide) groups is 1. The van der Waals surface area contributed by atoms with Crippen molar-refractivity contribution in [2.45, 2.75) is 36.8 Å². The summed E-state index contributed by atoms with van der Waals surface area (Å²) in [6.45, 7) is 8.43. The van der Waals surface area contributed by atoms with Gasteiger partial charge in [0, 0.05) is 11.4 Å². The molecule has 1 saturated heterocycles. The molecule has 1 atom stereocenters. The van der Waals surface area contributed by atoms with Crippen LogP contribution in [0.4, 0.5) is 0 Å². The number of carbonyl (C=O) groups is 1. The molecule has 2 rings (SSSR count). The van der Waals surface area contributed by atoms with E-state index < -0.39 is 0 Å². The van der Waals surface area contributed by atoms with Crippen LogP contribution in [-0.2, 0) is 4.79 Å². The summed E-state index contributed by atoms with van der Waals surface area (Å²) in [6, 6.07) is 7.84. The zero-order valence-electron chi connectivity index (χ0n) is 14.4. The summed E-state index contributed by atoms with van der Waals surface area (Å²) in [5, 5.41) is 3.04. The number of methoxy groups -OCH3 is 1. The van der Waals surface area contributed by atoms with Gasteiger partial charge in [-0.1, -0.05) is 6.92 Å². The van der Waals surface area contributed by atoms with E-state index in [9.17, 15) is 4.79 Å². The van der Waals surface area contributed by atoms with Crippen molar-refractivity contribution in [3.05, 3.63) is 24.3 Å². The molecule has 0 bridgehead atoms. The number of amides is 1. The van der Waals surface area contributed by atoms with Gasteiger partial charge in [0.25, 0.3) is 0 Å². The molecule has 0 aromatic heterocycles. The molecule has 1 aliphatic heterocycles. The minimum absolute atomic E-state index is 0.0841. The predicted molar refractivity (Wildman–Crippen MR) is 96.2 cm³/mol. The first kappa shape index (κ1) is 18.1. The van der Waals surface area contributed by atoms with Crippen molar-refractivity contribution >= 4 is 17.7 Å². The highest BCUT2D eigenvalue weighted by Gasteiger charge is 2.20. The van der Waals surface area contributed by atoms with E-state index in [1.165, 1.54) is 12.8 Å². The molecule has 0 aliphatic carbocycles. The summed E-state index contributed by atoms with van der Waals surface area (Å²) >= 11 is 1.59. The Labute approximate surface area is 144 Å². The monoisotopic (exact) mass is 336 g/mol. The lowest BCUT2D eigenvalue weighted by Gasteiger charge is -2.31. The quantitative estimate of drug-likeness (QED) is 0.777. The standard InChI is InChI=1S/C18H28N2O2S/c1-4-20-11-9-15(10-12-20)13-19-18(21)14(2)23-17-7-5-16(22-3)6-8-17/h5-8,14-15H,4,9-13H2,1-3H3,(H,19,21)/t14-/m1/s1. The third-order valence-electron chi connectivity index (χ3n) is 4.46. The number of likely N-dealkylation sites (tertiary alicyclic amines) is 1. The summed E-state index contributed by atoms with van der Waals surface area (Å²) in [7, 11) is 1.66. The molecule has 1 aromatic carbocycles. The molecule has 0 spiro atoms. The van der Waals surface area contributed by atoms with Crippen LogP contribution in [0.2, 0.25) is 0 Å². The van der Waals surface area contributed by atoms with Crippen molar-refractivity contribution < 1.29 is 9.53 Å². The van der Waals surface area contributed by atoms with E-state index in [1.54, 1.807) is 18.9 Å². The van der Waals surface area contributed by atoms with Crippen LogP contribution < -0.4 is 10.1 Å². The van der Waals surface area contributed by atoms with E-state index in [2.05, 4.69) is 17.1 Å². The van der Waals surface area contributed by atoms with Gasteiger partial charge in [-0.05, 0) is 69.6 Å². The number of rotatable bonds is 7. The Kier molecular flexibility index (Phi) is 7.24. The van der Waals surface area contributed by atoms with Crippen LogP contribution in [0.1, 0.15) is 26.7 Å². The fraction of sp³-hybridized carbons (Fsp3) is 0.611. The van der Waals surface area contributed by atoms with Gasteiger partial charge < -0.3 is 15.0 Å². The van der Waals surface area contributed by atoms with Crippen LogP contribution in [0.15, 0.2) is 29.2 Å². The van der Waals surface area contributed by atoms with Gasteiger partial charge in [0.05, 0.1) is 12.4 Å². The minimum atomic E-state index is -0.0841. The molecule has 1 aliphatic rings. The highest BCUT2D eigenvalue weighted by Crippen LogP contribution is 2.25. The van der Waals surface area contributed by atoms with Gasteiger partial charge in [0.1, 0.15) is 5.75 Å². The van der Waals surface area contributed by atoms with Crippen LogP contribution in [-0.4, -0.2) is 49.3 Å². The van der Waals surface area contributed by atoms with Crippen LogP contribution in [0.3, 0.4) is 0 Å². The highest BCUT2D eigenvalue weighted by atomic mass is 32.2. The van der Waals surface area contributed by atoms with E-state index in [0.717, 1.165) is 36.8 Å². The van der Waals surface area contributed by atoms with E-state index in [4.69, 9.17) is 4.74 Å². The molecule has 1 heterocycles. The molecule has 128 valence electrons. The second-order valence-electron chi connectivity index (χ2n) is 6.06. The maximum absolute atomic E-state index is 12.3. The summed E-state index contributed by atoms with van der Waals surface area (Å²) in [4.78, 5) is 15.8. The van der Waals surface area contributed by atoms with Gasteiger partial charge >= 0.3 is 0 Å². The van der Waals surface area contributed by atoms with Gasteiger partial charge in [-0.3, -0.25) is 4.79 Å². The maximum Gasteiger partial charge on any atom is 0.233 e. The lowest BCUT2D eigenvalue weighted by Crippen LogP contribution is -2.40. The molecule has 1 fully saturated rings. The third-order valence-corrected chi connectivity index (χ3v) is 5.57. The molecule has 1 N–H and O–H groups in total. The van der Waals surface area contributed by atoms with E-state index in [1.807, 2.05) is 31.2 Å². The Morgan fingerprint density at radius 3 is 2.57 bits per heavy atom. The Balaban J connectivity index is 1.72. The van der Waals surface area contributed by atoms with Crippen LogP contribution in [0.5, 0.6) is 5.75 Å². The van der Waals surface area contributed by atoms with Crippen molar-refractivity contribution in [2.75, 3.05) is 33.3 Å². The van der Waals surface area contributed by atoms with Gasteiger partial charge in [0.2, 0.25) is 5.91 Å². The van der Waals surface area contributed by atoms with E-state index >= 15 is 0 Å². The molecule has 4 nitrogen and oxygen atoms in total. The number of carbonyl (C=O) groups excluding carboxylic acids is 1. The fourth-order valence-electron chi connectivity index (χ4n) is 2.81. The molecular formula is C18H28N2O2S. The van der Waals surface area contributed by atoms with Crippen molar-refractivity contribution in [1.82, 2.24) is 10.2 Å². The smallest absolute Gasteiger partial charge is 0.233 e. The summed E-state index contributed by atoms with van der Waals surface area (Å²) in [5.74, 6) is 1.59. The van der Waals surface area contributed by atoms with Crippen molar-refractivity contribution in [3.8, 4) is 5.75 Å². The van der Waals surface area contributed by atoms with Crippen LogP contribution >= 0.6 is 11.8 Å². The number of hydrogen-bond acceptors (Lipinski definition) is 4. The lowest BCUT2D eigenvalue weighted by molar-refractivity contribution is -0.120. The number of hydrogen-bond donors (Lipinski definition) is 1. The SMILES string of the molecule is CCN1CCC(CNC(=O)[C@@H](C)Sc2ccc(OC)cc2)CC1. The summed E-state index contributed by atoms with van der Waals surface area (Å²) in [5.41, 5.74) is 0. The lowest BCUT2D eigenvalue weighted by atomic mass is 9.97. The number of piperidine rings is 1. The topological polar surface area (TPSA) is 41.6 Å². The Morgan fingerprint density at radius 1 is 1.35 bits per heavy atom. The highest BCUT2D eigenvalue weighted by molar-refractivity contribution is 8.00. The first-order chi connectivity index (χ1) is 11.1. The second kappa shape index (κ2) is 9.18.